The van der Waals surface area contributed by atoms with Crippen LogP contribution in [-0.4, -0.2) is 23.9 Å². The van der Waals surface area contributed by atoms with E-state index < -0.39 is 6.10 Å². The lowest BCUT2D eigenvalue weighted by molar-refractivity contribution is -0.0268. The molecule has 3 aliphatic rings. The zero-order valence-corrected chi connectivity index (χ0v) is 11.8. The zero-order valence-electron chi connectivity index (χ0n) is 11.8. The van der Waals surface area contributed by atoms with Crippen LogP contribution >= 0.6 is 0 Å². The lowest BCUT2D eigenvalue weighted by Gasteiger charge is -2.39. The third kappa shape index (κ3) is 1.77. The smallest absolute Gasteiger partial charge is 0.0886 e. The fourth-order valence-electron chi connectivity index (χ4n) is 4.28. The van der Waals surface area contributed by atoms with Gasteiger partial charge in [0, 0.05) is 12.0 Å². The van der Waals surface area contributed by atoms with E-state index in [2.05, 4.69) is 18.2 Å². The molecule has 2 bridgehead atoms. The van der Waals surface area contributed by atoms with Crippen molar-refractivity contribution in [1.29, 1.82) is 0 Å². The number of hydrogen-bond acceptors (Lipinski definition) is 3. The van der Waals surface area contributed by atoms with Crippen molar-refractivity contribution in [1.82, 2.24) is 0 Å². The second-order valence-electron chi connectivity index (χ2n) is 6.77. The molecule has 3 nitrogen and oxygen atoms in total. The van der Waals surface area contributed by atoms with Gasteiger partial charge in [-0.2, -0.15) is 0 Å². The van der Waals surface area contributed by atoms with Crippen molar-refractivity contribution in [3.8, 4) is 0 Å². The van der Waals surface area contributed by atoms with Gasteiger partial charge in [-0.3, -0.25) is 0 Å². The van der Waals surface area contributed by atoms with Crippen molar-refractivity contribution in [2.75, 3.05) is 6.54 Å². The molecule has 1 aliphatic carbocycles. The Morgan fingerprint density at radius 1 is 1.25 bits per heavy atom. The van der Waals surface area contributed by atoms with Gasteiger partial charge in [-0.05, 0) is 49.1 Å². The summed E-state index contributed by atoms with van der Waals surface area (Å²) in [4.78, 5) is 0. The molecule has 20 heavy (non-hydrogen) atoms. The van der Waals surface area contributed by atoms with Crippen LogP contribution in [-0.2, 0) is 4.74 Å². The second kappa shape index (κ2) is 4.55. The lowest BCUT2D eigenvalue weighted by atomic mass is 9.67. The fourth-order valence-corrected chi connectivity index (χ4v) is 4.28. The molecule has 0 amide bonds. The van der Waals surface area contributed by atoms with Gasteiger partial charge in [0.1, 0.15) is 0 Å². The van der Waals surface area contributed by atoms with Gasteiger partial charge in [0.2, 0.25) is 0 Å². The molecule has 2 heterocycles. The molecule has 0 radical (unpaired) electrons. The number of rotatable bonds is 4. The van der Waals surface area contributed by atoms with Crippen LogP contribution in [0.3, 0.4) is 0 Å². The molecule has 3 N–H and O–H groups in total. The van der Waals surface area contributed by atoms with Gasteiger partial charge in [0.15, 0.2) is 0 Å². The normalized spacial score (nSPS) is 37.3. The van der Waals surface area contributed by atoms with Gasteiger partial charge in [0.05, 0.1) is 18.3 Å². The summed E-state index contributed by atoms with van der Waals surface area (Å²) in [5, 5.41) is 11.1. The monoisotopic (exact) mass is 273 g/mol. The largest absolute Gasteiger partial charge is 0.388 e. The SMILES string of the molecule is NCC1(C(O)c2ccccc2C2CC2)CC2CCC1O2. The Labute approximate surface area is 120 Å². The van der Waals surface area contributed by atoms with Crippen LogP contribution in [0, 0.1) is 5.41 Å². The molecule has 2 aliphatic heterocycles. The average molecular weight is 273 g/mol. The van der Waals surface area contributed by atoms with Gasteiger partial charge >= 0.3 is 0 Å². The summed E-state index contributed by atoms with van der Waals surface area (Å²) >= 11 is 0. The molecule has 4 rings (SSSR count). The minimum absolute atomic E-state index is 0.139. The number of hydrogen-bond donors (Lipinski definition) is 2. The average Bonchev–Trinajstić information content (AvgIpc) is 3.15. The molecule has 3 fully saturated rings. The number of nitrogens with two attached hydrogens (primary N) is 1. The Morgan fingerprint density at radius 2 is 2.05 bits per heavy atom. The molecule has 108 valence electrons. The Bertz CT molecular complexity index is 513. The maximum absolute atomic E-state index is 11.1. The summed E-state index contributed by atoms with van der Waals surface area (Å²) in [5.74, 6) is 0.648. The summed E-state index contributed by atoms with van der Waals surface area (Å²) in [6.07, 6.45) is 5.55. The molecule has 2 saturated heterocycles. The predicted octanol–water partition coefficient (Wildman–Crippen LogP) is 2.49. The van der Waals surface area contributed by atoms with E-state index in [1.165, 1.54) is 18.4 Å². The number of fused-ring (bicyclic) bond motifs is 2. The minimum atomic E-state index is -0.486. The first-order chi connectivity index (χ1) is 9.74. The Balaban J connectivity index is 1.71. The summed E-state index contributed by atoms with van der Waals surface area (Å²) < 4.78 is 6.00. The number of aliphatic hydroxyl groups excluding tert-OH is 1. The quantitative estimate of drug-likeness (QED) is 0.886. The molecule has 0 aromatic heterocycles. The third-order valence-corrected chi connectivity index (χ3v) is 5.59. The van der Waals surface area contributed by atoms with Gasteiger partial charge in [-0.1, -0.05) is 24.3 Å². The first-order valence-corrected chi connectivity index (χ1v) is 7.87. The van der Waals surface area contributed by atoms with Crippen LogP contribution in [0.15, 0.2) is 24.3 Å². The maximum atomic E-state index is 11.1. The number of benzene rings is 1. The molecule has 4 unspecified atom stereocenters. The first kappa shape index (κ1) is 12.8. The highest BCUT2D eigenvalue weighted by Crippen LogP contribution is 2.55. The highest BCUT2D eigenvalue weighted by molar-refractivity contribution is 5.36. The maximum Gasteiger partial charge on any atom is 0.0886 e. The molecule has 4 atom stereocenters. The van der Waals surface area contributed by atoms with Crippen molar-refractivity contribution < 1.29 is 9.84 Å². The summed E-state index contributed by atoms with van der Waals surface area (Å²) in [5.41, 5.74) is 8.25. The van der Waals surface area contributed by atoms with Crippen LogP contribution < -0.4 is 5.73 Å². The summed E-state index contributed by atoms with van der Waals surface area (Å²) in [6, 6.07) is 8.37. The van der Waals surface area contributed by atoms with Crippen molar-refractivity contribution in [2.24, 2.45) is 11.1 Å². The zero-order chi connectivity index (χ0) is 13.7. The lowest BCUT2D eigenvalue weighted by Crippen LogP contribution is -2.44. The van der Waals surface area contributed by atoms with Crippen molar-refractivity contribution in [2.45, 2.75) is 56.3 Å². The van der Waals surface area contributed by atoms with Crippen LogP contribution in [0.1, 0.15) is 55.3 Å². The van der Waals surface area contributed by atoms with E-state index in [0.717, 1.165) is 24.8 Å². The van der Waals surface area contributed by atoms with E-state index in [1.807, 2.05) is 6.07 Å². The van der Waals surface area contributed by atoms with E-state index in [-0.39, 0.29) is 11.5 Å². The van der Waals surface area contributed by atoms with Crippen LogP contribution in [0.2, 0.25) is 0 Å². The molecular formula is C17H23NO2. The van der Waals surface area contributed by atoms with E-state index in [0.29, 0.717) is 18.6 Å². The van der Waals surface area contributed by atoms with Gasteiger partial charge in [0.25, 0.3) is 0 Å². The third-order valence-electron chi connectivity index (χ3n) is 5.59. The first-order valence-electron chi connectivity index (χ1n) is 7.87. The molecule has 0 spiro atoms. The molecule has 1 aromatic carbocycles. The van der Waals surface area contributed by atoms with E-state index in [9.17, 15) is 5.11 Å². The van der Waals surface area contributed by atoms with Gasteiger partial charge in [-0.25, -0.2) is 0 Å². The highest BCUT2D eigenvalue weighted by Gasteiger charge is 2.56. The van der Waals surface area contributed by atoms with Crippen LogP contribution in [0.25, 0.3) is 0 Å². The minimum Gasteiger partial charge on any atom is -0.388 e. The Hall–Kier alpha value is -0.900. The van der Waals surface area contributed by atoms with Crippen molar-refractivity contribution in [3.63, 3.8) is 0 Å². The Kier molecular flexibility index (Phi) is 2.92. The van der Waals surface area contributed by atoms with Crippen LogP contribution in [0.5, 0.6) is 0 Å². The molecule has 1 aromatic rings. The number of ether oxygens (including phenoxy) is 1. The Morgan fingerprint density at radius 3 is 2.65 bits per heavy atom. The van der Waals surface area contributed by atoms with Crippen molar-refractivity contribution >= 4 is 0 Å². The van der Waals surface area contributed by atoms with Crippen LogP contribution in [0.4, 0.5) is 0 Å². The summed E-state index contributed by atoms with van der Waals surface area (Å²) in [6.45, 7) is 0.508. The number of aliphatic hydroxyl groups is 1. The summed E-state index contributed by atoms with van der Waals surface area (Å²) in [7, 11) is 0. The highest BCUT2D eigenvalue weighted by atomic mass is 16.5. The standard InChI is InChI=1S/C17H23NO2/c18-10-17(9-12-7-8-15(17)20-12)16(19)14-4-2-1-3-13(14)11-5-6-11/h1-4,11-12,15-16,19H,5-10,18H2. The van der Waals surface area contributed by atoms with Gasteiger partial charge < -0.3 is 15.6 Å². The van der Waals surface area contributed by atoms with Gasteiger partial charge in [-0.15, -0.1) is 0 Å². The predicted molar refractivity (Wildman–Crippen MR) is 77.4 cm³/mol. The molecular weight excluding hydrogens is 250 g/mol. The van der Waals surface area contributed by atoms with Crippen molar-refractivity contribution in [3.05, 3.63) is 35.4 Å². The molecule has 1 saturated carbocycles. The van der Waals surface area contributed by atoms with E-state index in [4.69, 9.17) is 10.5 Å². The topological polar surface area (TPSA) is 55.5 Å². The molecule has 3 heteroatoms. The van der Waals surface area contributed by atoms with E-state index >= 15 is 0 Å². The fraction of sp³-hybridized carbons (Fsp3) is 0.647. The second-order valence-corrected chi connectivity index (χ2v) is 6.77. The van der Waals surface area contributed by atoms with E-state index in [1.54, 1.807) is 0 Å².